The molecule has 82 valence electrons. The van der Waals surface area contributed by atoms with Crippen LogP contribution in [-0.2, 0) is 10.1 Å². The third kappa shape index (κ3) is 3.67. The molecule has 1 rings (SSSR count). The van der Waals surface area contributed by atoms with Gasteiger partial charge in [0.1, 0.15) is 5.60 Å². The van der Waals surface area contributed by atoms with Gasteiger partial charge in [0.2, 0.25) is 0 Å². The molecule has 0 aromatic heterocycles. The molecular formula is C12H15BrO2. The molecule has 0 radical (unpaired) electrons. The number of esters is 1. The summed E-state index contributed by atoms with van der Waals surface area (Å²) in [6, 6.07) is 7.44. The van der Waals surface area contributed by atoms with Crippen LogP contribution in [-0.4, -0.2) is 11.6 Å². The normalized spacial score (nSPS) is 11.2. The van der Waals surface area contributed by atoms with E-state index in [1.165, 1.54) is 0 Å². The van der Waals surface area contributed by atoms with Gasteiger partial charge >= 0.3 is 5.97 Å². The lowest BCUT2D eigenvalue weighted by atomic mass is 10.1. The number of rotatable bonds is 2. The van der Waals surface area contributed by atoms with E-state index in [0.29, 0.717) is 10.9 Å². The lowest BCUT2D eigenvalue weighted by Gasteiger charge is -2.20. The average molecular weight is 271 g/mol. The number of carbonyl (C=O) groups is 1. The molecule has 0 bridgehead atoms. The zero-order chi connectivity index (χ0) is 11.5. The summed E-state index contributed by atoms with van der Waals surface area (Å²) < 4.78 is 5.31. The number of carbonyl (C=O) groups excluding carboxylic acids is 1. The maximum absolute atomic E-state index is 11.8. The summed E-state index contributed by atoms with van der Waals surface area (Å²) in [4.78, 5) is 11.8. The van der Waals surface area contributed by atoms with Gasteiger partial charge in [-0.3, -0.25) is 0 Å². The first kappa shape index (κ1) is 12.2. The van der Waals surface area contributed by atoms with Gasteiger partial charge in [-0.1, -0.05) is 34.1 Å². The van der Waals surface area contributed by atoms with Crippen molar-refractivity contribution in [3.8, 4) is 0 Å². The van der Waals surface area contributed by atoms with Gasteiger partial charge in [-0.25, -0.2) is 4.79 Å². The van der Waals surface area contributed by atoms with Crippen LogP contribution in [0.4, 0.5) is 0 Å². The first-order valence-electron chi connectivity index (χ1n) is 4.81. The molecule has 0 heterocycles. The quantitative estimate of drug-likeness (QED) is 0.607. The Kier molecular flexibility index (Phi) is 3.91. The second kappa shape index (κ2) is 4.79. The van der Waals surface area contributed by atoms with Crippen LogP contribution in [0.3, 0.4) is 0 Å². The van der Waals surface area contributed by atoms with E-state index in [1.54, 1.807) is 6.07 Å². The number of alkyl halides is 1. The Hall–Kier alpha value is -0.830. The second-order valence-electron chi connectivity index (χ2n) is 4.29. The SMILES string of the molecule is CC(C)(C)OC(=O)c1ccccc1CBr. The summed E-state index contributed by atoms with van der Waals surface area (Å²) in [5.74, 6) is -0.266. The smallest absolute Gasteiger partial charge is 0.338 e. The Morgan fingerprint density at radius 2 is 1.93 bits per heavy atom. The maximum atomic E-state index is 11.8. The van der Waals surface area contributed by atoms with Crippen molar-refractivity contribution < 1.29 is 9.53 Å². The van der Waals surface area contributed by atoms with Gasteiger partial charge in [0.25, 0.3) is 0 Å². The molecule has 0 saturated heterocycles. The van der Waals surface area contributed by atoms with E-state index in [4.69, 9.17) is 4.74 Å². The topological polar surface area (TPSA) is 26.3 Å². The summed E-state index contributed by atoms with van der Waals surface area (Å²) in [6.07, 6.45) is 0. The Morgan fingerprint density at radius 1 is 1.33 bits per heavy atom. The zero-order valence-corrected chi connectivity index (χ0v) is 10.8. The molecule has 0 N–H and O–H groups in total. The highest BCUT2D eigenvalue weighted by Gasteiger charge is 2.19. The van der Waals surface area contributed by atoms with E-state index in [1.807, 2.05) is 39.0 Å². The highest BCUT2D eigenvalue weighted by molar-refractivity contribution is 9.08. The molecule has 1 aromatic rings. The van der Waals surface area contributed by atoms with Crippen molar-refractivity contribution in [1.82, 2.24) is 0 Å². The Labute approximate surface area is 98.8 Å². The summed E-state index contributed by atoms with van der Waals surface area (Å²) in [5, 5.41) is 0.655. The van der Waals surface area contributed by atoms with Gasteiger partial charge in [-0.2, -0.15) is 0 Å². The molecular weight excluding hydrogens is 256 g/mol. The van der Waals surface area contributed by atoms with Crippen LogP contribution >= 0.6 is 15.9 Å². The number of hydrogen-bond acceptors (Lipinski definition) is 2. The van der Waals surface area contributed by atoms with Crippen molar-refractivity contribution in [1.29, 1.82) is 0 Å². The maximum Gasteiger partial charge on any atom is 0.338 e. The van der Waals surface area contributed by atoms with Crippen LogP contribution < -0.4 is 0 Å². The molecule has 3 heteroatoms. The number of ether oxygens (including phenoxy) is 1. The summed E-state index contributed by atoms with van der Waals surface area (Å²) in [5.41, 5.74) is 1.13. The van der Waals surface area contributed by atoms with Gasteiger partial charge < -0.3 is 4.74 Å². The monoisotopic (exact) mass is 270 g/mol. The van der Waals surface area contributed by atoms with Crippen LogP contribution in [0.25, 0.3) is 0 Å². The molecule has 0 amide bonds. The minimum atomic E-state index is -0.448. The number of halogens is 1. The van der Waals surface area contributed by atoms with E-state index in [0.717, 1.165) is 5.56 Å². The Balaban J connectivity index is 2.91. The summed E-state index contributed by atoms with van der Waals surface area (Å²) in [7, 11) is 0. The molecule has 0 fully saturated rings. The van der Waals surface area contributed by atoms with Gasteiger partial charge in [-0.15, -0.1) is 0 Å². The Bertz CT molecular complexity index is 353. The van der Waals surface area contributed by atoms with Crippen LogP contribution in [0.1, 0.15) is 36.7 Å². The number of benzene rings is 1. The van der Waals surface area contributed by atoms with Crippen LogP contribution in [0.15, 0.2) is 24.3 Å². The van der Waals surface area contributed by atoms with Gasteiger partial charge in [0.15, 0.2) is 0 Å². The molecule has 2 nitrogen and oxygen atoms in total. The van der Waals surface area contributed by atoms with Crippen LogP contribution in [0, 0.1) is 0 Å². The first-order chi connectivity index (χ1) is 6.94. The lowest BCUT2D eigenvalue weighted by molar-refractivity contribution is 0.00687. The van der Waals surface area contributed by atoms with Crippen molar-refractivity contribution in [2.24, 2.45) is 0 Å². The molecule has 0 atom stereocenters. The highest BCUT2D eigenvalue weighted by atomic mass is 79.9. The predicted octanol–water partition coefficient (Wildman–Crippen LogP) is 3.54. The van der Waals surface area contributed by atoms with Gasteiger partial charge in [-0.05, 0) is 32.4 Å². The van der Waals surface area contributed by atoms with Crippen molar-refractivity contribution in [2.75, 3.05) is 0 Å². The molecule has 15 heavy (non-hydrogen) atoms. The predicted molar refractivity (Wildman–Crippen MR) is 64.2 cm³/mol. The van der Waals surface area contributed by atoms with Crippen LogP contribution in [0.2, 0.25) is 0 Å². The van der Waals surface area contributed by atoms with Crippen molar-refractivity contribution >= 4 is 21.9 Å². The summed E-state index contributed by atoms with van der Waals surface area (Å²) >= 11 is 3.35. The van der Waals surface area contributed by atoms with Crippen LogP contribution in [0.5, 0.6) is 0 Å². The fourth-order valence-corrected chi connectivity index (χ4v) is 1.66. The third-order valence-electron chi connectivity index (χ3n) is 1.78. The van der Waals surface area contributed by atoms with Crippen molar-refractivity contribution in [2.45, 2.75) is 31.7 Å². The fourth-order valence-electron chi connectivity index (χ4n) is 1.17. The first-order valence-corrected chi connectivity index (χ1v) is 5.93. The summed E-state index contributed by atoms with van der Waals surface area (Å²) in [6.45, 7) is 5.59. The Morgan fingerprint density at radius 3 is 2.47 bits per heavy atom. The van der Waals surface area contributed by atoms with E-state index in [2.05, 4.69) is 15.9 Å². The molecule has 1 aromatic carbocycles. The third-order valence-corrected chi connectivity index (χ3v) is 2.38. The molecule has 0 aliphatic carbocycles. The van der Waals surface area contributed by atoms with E-state index in [-0.39, 0.29) is 5.97 Å². The second-order valence-corrected chi connectivity index (χ2v) is 4.85. The standard InChI is InChI=1S/C12H15BrO2/c1-12(2,3)15-11(14)10-7-5-4-6-9(10)8-13/h4-7H,8H2,1-3H3. The molecule has 0 aliphatic rings. The molecule has 0 saturated carbocycles. The molecule has 0 aliphatic heterocycles. The lowest BCUT2D eigenvalue weighted by Crippen LogP contribution is -2.24. The van der Waals surface area contributed by atoms with Gasteiger partial charge in [0, 0.05) is 5.33 Å². The van der Waals surface area contributed by atoms with Gasteiger partial charge in [0.05, 0.1) is 5.56 Å². The number of hydrogen-bond donors (Lipinski definition) is 0. The minimum absolute atomic E-state index is 0.266. The van der Waals surface area contributed by atoms with E-state index >= 15 is 0 Å². The fraction of sp³-hybridized carbons (Fsp3) is 0.417. The molecule has 0 unspecified atom stereocenters. The van der Waals surface area contributed by atoms with E-state index < -0.39 is 5.60 Å². The zero-order valence-electron chi connectivity index (χ0n) is 9.21. The molecule has 0 spiro atoms. The van der Waals surface area contributed by atoms with E-state index in [9.17, 15) is 4.79 Å². The average Bonchev–Trinajstić information content (AvgIpc) is 2.15. The largest absolute Gasteiger partial charge is 0.456 e. The highest BCUT2D eigenvalue weighted by Crippen LogP contribution is 2.17. The van der Waals surface area contributed by atoms with Crippen molar-refractivity contribution in [3.05, 3.63) is 35.4 Å². The minimum Gasteiger partial charge on any atom is -0.456 e. The van der Waals surface area contributed by atoms with Crippen molar-refractivity contribution in [3.63, 3.8) is 0 Å².